The van der Waals surface area contributed by atoms with Crippen LogP contribution in [0.15, 0.2) is 30.3 Å². The number of hydrogen-bond donors (Lipinski definition) is 2. The van der Waals surface area contributed by atoms with Crippen LogP contribution in [0.5, 0.6) is 0 Å². The van der Waals surface area contributed by atoms with Crippen LogP contribution in [-0.4, -0.2) is 21.4 Å². The zero-order chi connectivity index (χ0) is 15.9. The van der Waals surface area contributed by atoms with Crippen molar-refractivity contribution in [2.45, 2.75) is 33.4 Å². The van der Waals surface area contributed by atoms with Crippen LogP contribution in [0.3, 0.4) is 0 Å². The molecular formula is C16H21ClN4S. The molecule has 0 bridgehead atoms. The van der Waals surface area contributed by atoms with Crippen molar-refractivity contribution in [3.8, 4) is 0 Å². The number of rotatable bonds is 6. The first-order chi connectivity index (χ1) is 10.6. The van der Waals surface area contributed by atoms with Gasteiger partial charge in [-0.25, -0.2) is 0 Å². The standard InChI is InChI=1S/C16H21ClN4S/c1-12-15(17)13(2)21(20-12)10-6-9-18-16(22)19-11-14-7-4-3-5-8-14/h3-5,7-8H,6,9-11H2,1-2H3,(H2,18,19,22). The Kier molecular flexibility index (Phi) is 6.21. The molecule has 0 radical (unpaired) electrons. The SMILES string of the molecule is Cc1nn(CCCNC(=S)NCc2ccccc2)c(C)c1Cl. The van der Waals surface area contributed by atoms with E-state index in [1.807, 2.05) is 36.7 Å². The molecule has 0 unspecified atom stereocenters. The van der Waals surface area contributed by atoms with Crippen LogP contribution in [0.25, 0.3) is 0 Å². The number of aryl methyl sites for hydroxylation is 2. The molecule has 22 heavy (non-hydrogen) atoms. The lowest BCUT2D eigenvalue weighted by atomic mass is 10.2. The fraction of sp³-hybridized carbons (Fsp3) is 0.375. The molecule has 2 rings (SSSR count). The molecule has 0 aliphatic heterocycles. The zero-order valence-electron chi connectivity index (χ0n) is 12.9. The van der Waals surface area contributed by atoms with Gasteiger partial charge < -0.3 is 10.6 Å². The first-order valence-corrected chi connectivity index (χ1v) is 8.11. The summed E-state index contributed by atoms with van der Waals surface area (Å²) in [6.45, 7) is 6.28. The maximum absolute atomic E-state index is 6.13. The lowest BCUT2D eigenvalue weighted by Crippen LogP contribution is -2.35. The number of benzene rings is 1. The van der Waals surface area contributed by atoms with E-state index in [4.69, 9.17) is 23.8 Å². The first kappa shape index (κ1) is 16.8. The summed E-state index contributed by atoms with van der Waals surface area (Å²) in [6, 6.07) is 10.2. The van der Waals surface area contributed by atoms with E-state index in [0.717, 1.165) is 42.5 Å². The number of aromatic nitrogens is 2. The van der Waals surface area contributed by atoms with Crippen molar-refractivity contribution in [3.63, 3.8) is 0 Å². The maximum atomic E-state index is 6.13. The topological polar surface area (TPSA) is 41.9 Å². The van der Waals surface area contributed by atoms with Gasteiger partial charge in [0.25, 0.3) is 0 Å². The largest absolute Gasteiger partial charge is 0.363 e. The van der Waals surface area contributed by atoms with Gasteiger partial charge >= 0.3 is 0 Å². The van der Waals surface area contributed by atoms with Gasteiger partial charge in [-0.1, -0.05) is 41.9 Å². The second-order valence-corrected chi connectivity index (χ2v) is 5.94. The molecule has 0 aliphatic rings. The third kappa shape index (κ3) is 4.71. The van der Waals surface area contributed by atoms with Crippen molar-refractivity contribution in [1.82, 2.24) is 20.4 Å². The van der Waals surface area contributed by atoms with Gasteiger partial charge in [0.1, 0.15) is 0 Å². The predicted molar refractivity (Wildman–Crippen MR) is 95.2 cm³/mol. The second-order valence-electron chi connectivity index (χ2n) is 5.16. The normalized spacial score (nSPS) is 10.5. The van der Waals surface area contributed by atoms with Gasteiger partial charge in [-0.2, -0.15) is 5.10 Å². The van der Waals surface area contributed by atoms with Crippen LogP contribution in [0.2, 0.25) is 5.02 Å². The highest BCUT2D eigenvalue weighted by molar-refractivity contribution is 7.80. The van der Waals surface area contributed by atoms with Gasteiger partial charge in [-0.3, -0.25) is 4.68 Å². The highest BCUT2D eigenvalue weighted by Crippen LogP contribution is 2.18. The molecule has 1 aromatic carbocycles. The predicted octanol–water partition coefficient (Wildman–Crippen LogP) is 3.21. The quantitative estimate of drug-likeness (QED) is 0.628. The maximum Gasteiger partial charge on any atom is 0.166 e. The molecule has 2 aromatic rings. The van der Waals surface area contributed by atoms with Crippen molar-refractivity contribution < 1.29 is 0 Å². The molecule has 0 fully saturated rings. The smallest absolute Gasteiger partial charge is 0.166 e. The van der Waals surface area contributed by atoms with E-state index >= 15 is 0 Å². The van der Waals surface area contributed by atoms with Gasteiger partial charge in [0.05, 0.1) is 16.4 Å². The molecular weight excluding hydrogens is 316 g/mol. The monoisotopic (exact) mass is 336 g/mol. The minimum Gasteiger partial charge on any atom is -0.363 e. The fourth-order valence-corrected chi connectivity index (χ4v) is 2.47. The summed E-state index contributed by atoms with van der Waals surface area (Å²) < 4.78 is 1.94. The third-order valence-electron chi connectivity index (χ3n) is 3.42. The summed E-state index contributed by atoms with van der Waals surface area (Å²) in [4.78, 5) is 0. The van der Waals surface area contributed by atoms with E-state index in [-0.39, 0.29) is 0 Å². The highest BCUT2D eigenvalue weighted by Gasteiger charge is 2.08. The van der Waals surface area contributed by atoms with E-state index in [1.165, 1.54) is 5.56 Å². The number of thiocarbonyl (C=S) groups is 1. The number of halogens is 1. The van der Waals surface area contributed by atoms with Crippen molar-refractivity contribution in [2.75, 3.05) is 6.54 Å². The average molecular weight is 337 g/mol. The van der Waals surface area contributed by atoms with E-state index in [1.54, 1.807) is 0 Å². The summed E-state index contributed by atoms with van der Waals surface area (Å²) in [6.07, 6.45) is 0.936. The molecule has 6 heteroatoms. The zero-order valence-corrected chi connectivity index (χ0v) is 14.5. The molecule has 0 saturated heterocycles. The average Bonchev–Trinajstić information content (AvgIpc) is 2.78. The van der Waals surface area contributed by atoms with Gasteiger partial charge in [0.2, 0.25) is 0 Å². The van der Waals surface area contributed by atoms with E-state index in [0.29, 0.717) is 5.11 Å². The summed E-state index contributed by atoms with van der Waals surface area (Å²) in [5.74, 6) is 0. The molecule has 0 spiro atoms. The summed E-state index contributed by atoms with van der Waals surface area (Å²) in [5.41, 5.74) is 3.11. The third-order valence-corrected chi connectivity index (χ3v) is 4.26. The lowest BCUT2D eigenvalue weighted by molar-refractivity contribution is 0.556. The van der Waals surface area contributed by atoms with E-state index in [2.05, 4.69) is 27.9 Å². The molecule has 4 nitrogen and oxygen atoms in total. The second kappa shape index (κ2) is 8.15. The Bertz CT molecular complexity index is 625. The molecule has 1 heterocycles. The molecule has 0 aliphatic carbocycles. The first-order valence-electron chi connectivity index (χ1n) is 7.33. The van der Waals surface area contributed by atoms with Gasteiger partial charge in [0, 0.05) is 19.6 Å². The molecule has 118 valence electrons. The van der Waals surface area contributed by atoms with Crippen LogP contribution in [0.4, 0.5) is 0 Å². The van der Waals surface area contributed by atoms with Gasteiger partial charge in [-0.15, -0.1) is 0 Å². The number of hydrogen-bond acceptors (Lipinski definition) is 2. The molecule has 1 aromatic heterocycles. The Hall–Kier alpha value is -1.59. The van der Waals surface area contributed by atoms with E-state index < -0.39 is 0 Å². The van der Waals surface area contributed by atoms with Crippen molar-refractivity contribution in [1.29, 1.82) is 0 Å². The molecule has 0 amide bonds. The molecule has 2 N–H and O–H groups in total. The fourth-order valence-electron chi connectivity index (χ4n) is 2.16. The molecule has 0 atom stereocenters. The molecule has 0 saturated carbocycles. The highest BCUT2D eigenvalue weighted by atomic mass is 35.5. The van der Waals surface area contributed by atoms with Crippen LogP contribution in [0.1, 0.15) is 23.4 Å². The summed E-state index contributed by atoms with van der Waals surface area (Å²) in [7, 11) is 0. The summed E-state index contributed by atoms with van der Waals surface area (Å²) >= 11 is 11.4. The Morgan fingerprint density at radius 1 is 1.23 bits per heavy atom. The van der Waals surface area contributed by atoms with Crippen LogP contribution in [-0.2, 0) is 13.1 Å². The lowest BCUT2D eigenvalue weighted by Gasteiger charge is -2.11. The Morgan fingerprint density at radius 3 is 2.59 bits per heavy atom. The Labute approximate surface area is 141 Å². The van der Waals surface area contributed by atoms with Crippen molar-refractivity contribution >= 4 is 28.9 Å². The minimum absolute atomic E-state index is 0.676. The Morgan fingerprint density at radius 2 is 1.95 bits per heavy atom. The van der Waals surface area contributed by atoms with Crippen LogP contribution in [0, 0.1) is 13.8 Å². The van der Waals surface area contributed by atoms with Crippen molar-refractivity contribution in [2.24, 2.45) is 0 Å². The number of nitrogens with zero attached hydrogens (tertiary/aromatic N) is 2. The Balaban J connectivity index is 1.66. The van der Waals surface area contributed by atoms with Gasteiger partial charge in [-0.05, 0) is 38.0 Å². The van der Waals surface area contributed by atoms with Crippen LogP contribution < -0.4 is 10.6 Å². The van der Waals surface area contributed by atoms with Crippen LogP contribution >= 0.6 is 23.8 Å². The summed E-state index contributed by atoms with van der Waals surface area (Å²) in [5, 5.41) is 12.3. The van der Waals surface area contributed by atoms with Gasteiger partial charge in [0.15, 0.2) is 5.11 Å². The van der Waals surface area contributed by atoms with E-state index in [9.17, 15) is 0 Å². The number of nitrogens with one attached hydrogen (secondary N) is 2. The minimum atomic E-state index is 0.676. The van der Waals surface area contributed by atoms with Crippen molar-refractivity contribution in [3.05, 3.63) is 52.3 Å².